The van der Waals surface area contributed by atoms with E-state index in [4.69, 9.17) is 0 Å². The fraction of sp³-hybridized carbons (Fsp3) is 0.333. The molecule has 1 rings (SSSR count). The predicted molar refractivity (Wildman–Crippen MR) is 43.1 cm³/mol. The van der Waals surface area contributed by atoms with Gasteiger partial charge >= 0.3 is 12.5 Å². The molecular formula is C9H4F8O. The Kier molecular flexibility index (Phi) is 3.72. The Morgan fingerprint density at radius 1 is 0.944 bits per heavy atom. The third-order valence-electron chi connectivity index (χ3n) is 1.80. The Morgan fingerprint density at radius 3 is 1.89 bits per heavy atom. The van der Waals surface area contributed by atoms with Crippen LogP contribution in [0.2, 0.25) is 0 Å². The molecule has 0 radical (unpaired) electrons. The second-order valence-electron chi connectivity index (χ2n) is 3.10. The first kappa shape index (κ1) is 14.5. The number of hydrogen-bond acceptors (Lipinski definition) is 1. The second kappa shape index (κ2) is 4.62. The number of halogens is 8. The van der Waals surface area contributed by atoms with Crippen molar-refractivity contribution in [1.29, 1.82) is 0 Å². The Morgan fingerprint density at radius 2 is 1.50 bits per heavy atom. The zero-order valence-electron chi connectivity index (χ0n) is 8.24. The lowest BCUT2D eigenvalue weighted by Crippen LogP contribution is -2.18. The van der Waals surface area contributed by atoms with E-state index in [1.165, 1.54) is 0 Å². The molecule has 0 aromatic heterocycles. The Balaban J connectivity index is 3.20. The lowest BCUT2D eigenvalue weighted by molar-refractivity contribution is -0.274. The summed E-state index contributed by atoms with van der Waals surface area (Å²) in [5.41, 5.74) is -3.27. The number of benzene rings is 1. The van der Waals surface area contributed by atoms with Crippen LogP contribution in [0.1, 0.15) is 17.6 Å². The van der Waals surface area contributed by atoms with Crippen molar-refractivity contribution in [3.8, 4) is 5.75 Å². The maximum absolute atomic E-state index is 12.3. The van der Waals surface area contributed by atoms with Crippen molar-refractivity contribution < 1.29 is 39.9 Å². The van der Waals surface area contributed by atoms with E-state index in [0.29, 0.717) is 6.07 Å². The van der Waals surface area contributed by atoms with Gasteiger partial charge in [-0.25, -0.2) is 8.78 Å². The molecule has 0 heterocycles. The minimum Gasteiger partial charge on any atom is -0.406 e. The summed E-state index contributed by atoms with van der Waals surface area (Å²) >= 11 is 0. The Bertz CT molecular complexity index is 420. The summed E-state index contributed by atoms with van der Waals surface area (Å²) < 4.78 is 100. The van der Waals surface area contributed by atoms with Crippen molar-refractivity contribution in [2.75, 3.05) is 0 Å². The minimum absolute atomic E-state index is 0.0149. The topological polar surface area (TPSA) is 9.23 Å². The predicted octanol–water partition coefficient (Wildman–Crippen LogP) is 4.54. The maximum atomic E-state index is 12.3. The van der Waals surface area contributed by atoms with E-state index in [9.17, 15) is 35.1 Å². The van der Waals surface area contributed by atoms with E-state index in [-0.39, 0.29) is 12.1 Å². The molecule has 0 aliphatic rings. The molecule has 1 aromatic rings. The first-order valence-corrected chi connectivity index (χ1v) is 4.26. The van der Waals surface area contributed by atoms with Crippen LogP contribution in [-0.2, 0) is 6.18 Å². The van der Waals surface area contributed by atoms with Crippen LogP contribution in [0.25, 0.3) is 0 Å². The molecule has 1 nitrogen and oxygen atoms in total. The van der Waals surface area contributed by atoms with E-state index in [1.54, 1.807) is 0 Å². The monoisotopic (exact) mass is 280 g/mol. The summed E-state index contributed by atoms with van der Waals surface area (Å²) in [6.07, 6.45) is -13.8. The van der Waals surface area contributed by atoms with Crippen LogP contribution < -0.4 is 4.74 Å². The quantitative estimate of drug-likeness (QED) is 0.722. The Hall–Kier alpha value is -1.54. The zero-order valence-corrected chi connectivity index (χ0v) is 8.24. The molecule has 0 atom stereocenters. The van der Waals surface area contributed by atoms with E-state index in [1.807, 2.05) is 0 Å². The molecule has 1 aromatic carbocycles. The number of rotatable bonds is 2. The SMILES string of the molecule is FC(F)c1cc(OC(F)(F)F)ccc1C(F)(F)F. The van der Waals surface area contributed by atoms with Gasteiger partial charge < -0.3 is 4.74 Å². The second-order valence-corrected chi connectivity index (χ2v) is 3.10. The molecule has 0 fully saturated rings. The van der Waals surface area contributed by atoms with Gasteiger partial charge in [0.2, 0.25) is 0 Å². The largest absolute Gasteiger partial charge is 0.573 e. The van der Waals surface area contributed by atoms with Crippen molar-refractivity contribution in [3.05, 3.63) is 29.3 Å². The van der Waals surface area contributed by atoms with Gasteiger partial charge in [0.05, 0.1) is 5.56 Å². The first-order valence-electron chi connectivity index (χ1n) is 4.26. The smallest absolute Gasteiger partial charge is 0.406 e. The van der Waals surface area contributed by atoms with E-state index < -0.39 is 35.8 Å². The highest BCUT2D eigenvalue weighted by Crippen LogP contribution is 2.38. The lowest BCUT2D eigenvalue weighted by Gasteiger charge is -2.15. The van der Waals surface area contributed by atoms with Gasteiger partial charge in [-0.1, -0.05) is 0 Å². The summed E-state index contributed by atoms with van der Waals surface area (Å²) in [7, 11) is 0. The summed E-state index contributed by atoms with van der Waals surface area (Å²) in [6, 6.07) is 0.450. The third kappa shape index (κ3) is 3.74. The van der Waals surface area contributed by atoms with Crippen LogP contribution in [0.5, 0.6) is 5.75 Å². The standard InChI is InChI=1S/C9H4F8O/c10-7(11)5-3-4(18-9(15,16)17)1-2-6(5)8(12,13)14/h1-3,7H. The third-order valence-corrected chi connectivity index (χ3v) is 1.80. The highest BCUT2D eigenvalue weighted by molar-refractivity contribution is 5.38. The van der Waals surface area contributed by atoms with Gasteiger partial charge in [-0.05, 0) is 18.2 Å². The van der Waals surface area contributed by atoms with Gasteiger partial charge in [0.15, 0.2) is 0 Å². The van der Waals surface area contributed by atoms with Crippen molar-refractivity contribution >= 4 is 0 Å². The van der Waals surface area contributed by atoms with E-state index >= 15 is 0 Å². The zero-order chi connectivity index (χ0) is 14.1. The summed E-state index contributed by atoms with van der Waals surface area (Å²) in [4.78, 5) is 0. The minimum atomic E-state index is -5.17. The van der Waals surface area contributed by atoms with Gasteiger partial charge in [0, 0.05) is 5.56 Å². The van der Waals surface area contributed by atoms with Crippen LogP contribution >= 0.6 is 0 Å². The number of alkyl halides is 8. The number of hydrogen-bond donors (Lipinski definition) is 0. The van der Waals surface area contributed by atoms with E-state index in [2.05, 4.69) is 4.74 Å². The van der Waals surface area contributed by atoms with Crippen LogP contribution in [0.4, 0.5) is 35.1 Å². The van der Waals surface area contributed by atoms with Gasteiger partial charge in [-0.15, -0.1) is 13.2 Å². The van der Waals surface area contributed by atoms with Crippen molar-refractivity contribution in [2.24, 2.45) is 0 Å². The molecule has 0 amide bonds. The van der Waals surface area contributed by atoms with Crippen molar-refractivity contribution in [2.45, 2.75) is 19.0 Å². The molecule has 102 valence electrons. The molecule has 0 bridgehead atoms. The molecule has 18 heavy (non-hydrogen) atoms. The molecule has 0 unspecified atom stereocenters. The summed E-state index contributed by atoms with van der Waals surface area (Å²) in [6.45, 7) is 0. The van der Waals surface area contributed by atoms with E-state index in [0.717, 1.165) is 0 Å². The van der Waals surface area contributed by atoms with Gasteiger partial charge in [-0.2, -0.15) is 13.2 Å². The highest BCUT2D eigenvalue weighted by atomic mass is 19.4. The molecule has 0 aliphatic carbocycles. The fourth-order valence-corrected chi connectivity index (χ4v) is 1.18. The van der Waals surface area contributed by atoms with Crippen molar-refractivity contribution in [3.63, 3.8) is 0 Å². The van der Waals surface area contributed by atoms with Crippen LogP contribution in [0.15, 0.2) is 18.2 Å². The van der Waals surface area contributed by atoms with Gasteiger partial charge in [0.25, 0.3) is 6.43 Å². The fourth-order valence-electron chi connectivity index (χ4n) is 1.18. The molecule has 0 N–H and O–H groups in total. The van der Waals surface area contributed by atoms with Crippen LogP contribution in [0.3, 0.4) is 0 Å². The van der Waals surface area contributed by atoms with Gasteiger partial charge in [0.1, 0.15) is 5.75 Å². The number of ether oxygens (including phenoxy) is 1. The molecule has 0 spiro atoms. The normalized spacial score (nSPS) is 12.9. The van der Waals surface area contributed by atoms with Crippen LogP contribution in [-0.4, -0.2) is 6.36 Å². The van der Waals surface area contributed by atoms with Gasteiger partial charge in [-0.3, -0.25) is 0 Å². The average Bonchev–Trinajstić information content (AvgIpc) is 2.12. The first-order chi connectivity index (χ1) is 8.00. The van der Waals surface area contributed by atoms with Crippen molar-refractivity contribution in [1.82, 2.24) is 0 Å². The Labute approximate surface area is 95.0 Å². The summed E-state index contributed by atoms with van der Waals surface area (Å²) in [5.74, 6) is -1.13. The molecular weight excluding hydrogens is 276 g/mol. The average molecular weight is 280 g/mol. The molecule has 0 saturated carbocycles. The highest BCUT2D eigenvalue weighted by Gasteiger charge is 2.37. The maximum Gasteiger partial charge on any atom is 0.573 e. The summed E-state index contributed by atoms with van der Waals surface area (Å²) in [5, 5.41) is 0. The molecule has 9 heteroatoms. The molecule has 0 aliphatic heterocycles. The van der Waals surface area contributed by atoms with Crippen LogP contribution in [0, 0.1) is 0 Å². The molecule has 0 saturated heterocycles. The lowest BCUT2D eigenvalue weighted by atomic mass is 10.1.